The van der Waals surface area contributed by atoms with Crippen molar-refractivity contribution >= 4 is 11.6 Å². The van der Waals surface area contributed by atoms with Gasteiger partial charge in [0, 0.05) is 16.6 Å². The van der Waals surface area contributed by atoms with Gasteiger partial charge in [-0.3, -0.25) is 0 Å². The molecule has 1 N–H and O–H groups in total. The van der Waals surface area contributed by atoms with Gasteiger partial charge in [0.25, 0.3) is 0 Å². The molecule has 2 aromatic rings. The van der Waals surface area contributed by atoms with E-state index in [1.807, 2.05) is 6.07 Å². The van der Waals surface area contributed by atoms with Crippen LogP contribution in [0.4, 0.5) is 8.78 Å². The summed E-state index contributed by atoms with van der Waals surface area (Å²) in [7, 11) is 1.73. The van der Waals surface area contributed by atoms with E-state index in [-0.39, 0.29) is 17.7 Å². The third-order valence-corrected chi connectivity index (χ3v) is 3.36. The van der Waals surface area contributed by atoms with Crippen molar-refractivity contribution in [1.29, 1.82) is 0 Å². The third kappa shape index (κ3) is 3.31. The number of halogens is 3. The van der Waals surface area contributed by atoms with Crippen molar-refractivity contribution in [2.24, 2.45) is 0 Å². The van der Waals surface area contributed by atoms with Crippen molar-refractivity contribution in [3.63, 3.8) is 0 Å². The molecule has 0 heterocycles. The maximum Gasteiger partial charge on any atom is 0.129 e. The molecule has 2 aromatic carbocycles. The third-order valence-electron chi connectivity index (χ3n) is 3.03. The van der Waals surface area contributed by atoms with E-state index in [1.165, 1.54) is 18.2 Å². The molecule has 0 spiro atoms. The summed E-state index contributed by atoms with van der Waals surface area (Å²) in [5, 5.41) is 3.39. The van der Waals surface area contributed by atoms with Gasteiger partial charge in [0.2, 0.25) is 0 Å². The molecule has 0 amide bonds. The molecule has 19 heavy (non-hydrogen) atoms. The van der Waals surface area contributed by atoms with Crippen LogP contribution in [-0.4, -0.2) is 7.05 Å². The monoisotopic (exact) mass is 281 g/mol. The van der Waals surface area contributed by atoms with Crippen LogP contribution in [0.2, 0.25) is 5.02 Å². The van der Waals surface area contributed by atoms with Gasteiger partial charge in [-0.25, -0.2) is 8.78 Å². The zero-order chi connectivity index (χ0) is 13.8. The van der Waals surface area contributed by atoms with E-state index in [2.05, 4.69) is 5.32 Å². The molecule has 0 radical (unpaired) electrons. The summed E-state index contributed by atoms with van der Waals surface area (Å²) in [6.45, 7) is 0. The van der Waals surface area contributed by atoms with Crippen LogP contribution in [0.3, 0.4) is 0 Å². The van der Waals surface area contributed by atoms with Crippen molar-refractivity contribution < 1.29 is 8.78 Å². The van der Waals surface area contributed by atoms with Gasteiger partial charge < -0.3 is 5.32 Å². The topological polar surface area (TPSA) is 12.0 Å². The fourth-order valence-corrected chi connectivity index (χ4v) is 2.39. The van der Waals surface area contributed by atoms with Crippen LogP contribution in [0.1, 0.15) is 17.2 Å². The van der Waals surface area contributed by atoms with E-state index in [4.69, 9.17) is 11.6 Å². The Bertz CT molecular complexity index is 552. The number of benzene rings is 2. The Morgan fingerprint density at radius 2 is 1.89 bits per heavy atom. The Morgan fingerprint density at radius 3 is 2.53 bits per heavy atom. The van der Waals surface area contributed by atoms with Crippen LogP contribution >= 0.6 is 11.6 Å². The fourth-order valence-electron chi connectivity index (χ4n) is 2.09. The minimum atomic E-state index is -0.358. The SMILES string of the molecule is CNC(Cc1cccc(F)c1)c1c(F)cccc1Cl. The highest BCUT2D eigenvalue weighted by atomic mass is 35.5. The number of nitrogens with one attached hydrogen (secondary N) is 1. The molecule has 1 unspecified atom stereocenters. The van der Waals surface area contributed by atoms with Crippen LogP contribution in [0.25, 0.3) is 0 Å². The van der Waals surface area contributed by atoms with Crippen molar-refractivity contribution in [1.82, 2.24) is 5.32 Å². The Labute approximate surface area is 116 Å². The summed E-state index contributed by atoms with van der Waals surface area (Å²) in [6, 6.07) is 10.6. The molecule has 1 nitrogen and oxygen atoms in total. The van der Waals surface area contributed by atoms with Crippen molar-refractivity contribution in [3.05, 3.63) is 70.2 Å². The minimum absolute atomic E-state index is 0.296. The van der Waals surface area contributed by atoms with E-state index in [0.29, 0.717) is 17.0 Å². The van der Waals surface area contributed by atoms with Gasteiger partial charge in [0.1, 0.15) is 11.6 Å². The molecule has 0 aliphatic carbocycles. The lowest BCUT2D eigenvalue weighted by Crippen LogP contribution is -2.20. The van der Waals surface area contributed by atoms with Gasteiger partial charge in [-0.15, -0.1) is 0 Å². The van der Waals surface area contributed by atoms with E-state index < -0.39 is 0 Å². The normalized spacial score (nSPS) is 12.4. The van der Waals surface area contributed by atoms with Crippen molar-refractivity contribution in [2.45, 2.75) is 12.5 Å². The molecule has 4 heteroatoms. The summed E-state index contributed by atoms with van der Waals surface area (Å²) in [6.07, 6.45) is 0.467. The number of hydrogen-bond donors (Lipinski definition) is 1. The second kappa shape index (κ2) is 6.13. The quantitative estimate of drug-likeness (QED) is 0.889. The summed E-state index contributed by atoms with van der Waals surface area (Å²) in [5.41, 5.74) is 1.20. The summed E-state index contributed by atoms with van der Waals surface area (Å²) in [4.78, 5) is 0. The lowest BCUT2D eigenvalue weighted by molar-refractivity contribution is 0.532. The summed E-state index contributed by atoms with van der Waals surface area (Å²) >= 11 is 6.05. The van der Waals surface area contributed by atoms with E-state index in [0.717, 1.165) is 5.56 Å². The Balaban J connectivity index is 2.30. The molecule has 0 aromatic heterocycles. The highest BCUT2D eigenvalue weighted by molar-refractivity contribution is 6.31. The number of likely N-dealkylation sites (N-methyl/N-ethyl adjacent to an activating group) is 1. The highest BCUT2D eigenvalue weighted by Gasteiger charge is 2.18. The van der Waals surface area contributed by atoms with Crippen molar-refractivity contribution in [3.8, 4) is 0 Å². The molecule has 0 saturated carbocycles. The maximum atomic E-state index is 13.9. The minimum Gasteiger partial charge on any atom is -0.313 e. The standard InChI is InChI=1S/C15H14ClF2N/c1-19-14(9-10-4-2-5-11(17)8-10)15-12(16)6-3-7-13(15)18/h2-8,14,19H,9H2,1H3. The first-order valence-corrected chi connectivity index (χ1v) is 6.35. The van der Waals surface area contributed by atoms with Gasteiger partial charge in [0.15, 0.2) is 0 Å². The second-order valence-corrected chi connectivity index (χ2v) is 4.72. The largest absolute Gasteiger partial charge is 0.313 e. The molecule has 2 rings (SSSR count). The van der Waals surface area contributed by atoms with Crippen LogP contribution in [0.5, 0.6) is 0 Å². The van der Waals surface area contributed by atoms with Gasteiger partial charge in [-0.1, -0.05) is 29.8 Å². The number of rotatable bonds is 4. The molecule has 1 atom stereocenters. The number of hydrogen-bond acceptors (Lipinski definition) is 1. The highest BCUT2D eigenvalue weighted by Crippen LogP contribution is 2.28. The molecule has 100 valence electrons. The van der Waals surface area contributed by atoms with Gasteiger partial charge in [-0.05, 0) is 43.3 Å². The van der Waals surface area contributed by atoms with Crippen LogP contribution in [0.15, 0.2) is 42.5 Å². The van der Waals surface area contributed by atoms with Gasteiger partial charge >= 0.3 is 0 Å². The predicted molar refractivity (Wildman–Crippen MR) is 73.3 cm³/mol. The summed E-state index contributed by atoms with van der Waals surface area (Å²) in [5.74, 6) is -0.657. The average molecular weight is 282 g/mol. The van der Waals surface area contributed by atoms with E-state index in [9.17, 15) is 8.78 Å². The van der Waals surface area contributed by atoms with Crippen LogP contribution < -0.4 is 5.32 Å². The van der Waals surface area contributed by atoms with Crippen LogP contribution in [-0.2, 0) is 6.42 Å². The zero-order valence-electron chi connectivity index (χ0n) is 10.5. The van der Waals surface area contributed by atoms with Gasteiger partial charge in [-0.2, -0.15) is 0 Å². The fraction of sp³-hybridized carbons (Fsp3) is 0.200. The first-order chi connectivity index (χ1) is 9.11. The molecular formula is C15H14ClF2N. The van der Waals surface area contributed by atoms with E-state index >= 15 is 0 Å². The Morgan fingerprint density at radius 1 is 1.16 bits per heavy atom. The lowest BCUT2D eigenvalue weighted by atomic mass is 9.98. The molecule has 0 fully saturated rings. The summed E-state index contributed by atoms with van der Waals surface area (Å²) < 4.78 is 27.0. The van der Waals surface area contributed by atoms with Crippen molar-refractivity contribution in [2.75, 3.05) is 7.05 Å². The second-order valence-electron chi connectivity index (χ2n) is 4.31. The first-order valence-electron chi connectivity index (χ1n) is 5.97. The molecule has 0 aliphatic rings. The predicted octanol–water partition coefficient (Wildman–Crippen LogP) is 4.12. The lowest BCUT2D eigenvalue weighted by Gasteiger charge is -2.19. The van der Waals surface area contributed by atoms with Crippen LogP contribution in [0, 0.1) is 11.6 Å². The molecule has 0 saturated heterocycles. The first kappa shape index (κ1) is 14.0. The Hall–Kier alpha value is -1.45. The maximum absolute atomic E-state index is 13.9. The molecule has 0 bridgehead atoms. The van der Waals surface area contributed by atoms with E-state index in [1.54, 1.807) is 25.2 Å². The van der Waals surface area contributed by atoms with Gasteiger partial charge in [0.05, 0.1) is 0 Å². The smallest absolute Gasteiger partial charge is 0.129 e. The zero-order valence-corrected chi connectivity index (χ0v) is 11.2. The molecule has 0 aliphatic heterocycles. The average Bonchev–Trinajstić information content (AvgIpc) is 2.37. The Kier molecular flexibility index (Phi) is 4.51. The molecular weight excluding hydrogens is 268 g/mol.